The molecule has 130 valence electrons. The third-order valence-electron chi connectivity index (χ3n) is 5.83. The van der Waals surface area contributed by atoms with Crippen molar-refractivity contribution in [3.8, 4) is 0 Å². The van der Waals surface area contributed by atoms with Crippen LogP contribution in [0.1, 0.15) is 18.4 Å². The van der Waals surface area contributed by atoms with Crippen molar-refractivity contribution in [1.29, 1.82) is 0 Å². The second-order valence-electron chi connectivity index (χ2n) is 7.33. The van der Waals surface area contributed by atoms with Crippen molar-refractivity contribution >= 4 is 5.78 Å². The number of carbonyl (C=O) groups excluding carboxylic acids is 1. The maximum atomic E-state index is 13.2. The second-order valence-corrected chi connectivity index (χ2v) is 7.33. The van der Waals surface area contributed by atoms with E-state index in [0.29, 0.717) is 11.8 Å². The van der Waals surface area contributed by atoms with Crippen LogP contribution in [0.4, 0.5) is 0 Å². The Morgan fingerprint density at radius 2 is 2.08 bits per heavy atom. The Labute approximate surface area is 150 Å². The predicted octanol–water partition coefficient (Wildman–Crippen LogP) is 3.20. The molecule has 3 aliphatic rings. The Balaban J connectivity index is 1.55. The lowest BCUT2D eigenvalue weighted by molar-refractivity contribution is -0.129. The van der Waals surface area contributed by atoms with Crippen LogP contribution in [0.2, 0.25) is 0 Å². The normalized spacial score (nSPS) is 29.7. The summed E-state index contributed by atoms with van der Waals surface area (Å²) in [5, 5.41) is 0. The van der Waals surface area contributed by atoms with Gasteiger partial charge in [-0.2, -0.15) is 0 Å². The molecule has 0 saturated carbocycles. The lowest BCUT2D eigenvalue weighted by Gasteiger charge is -2.51. The molecule has 0 spiro atoms. The van der Waals surface area contributed by atoms with Crippen LogP contribution in [0, 0.1) is 5.92 Å². The first-order valence-corrected chi connectivity index (χ1v) is 9.32. The van der Waals surface area contributed by atoms with Crippen LogP contribution in [-0.2, 0) is 11.3 Å². The fourth-order valence-electron chi connectivity index (χ4n) is 4.68. The zero-order valence-corrected chi connectivity index (χ0v) is 14.7. The summed E-state index contributed by atoms with van der Waals surface area (Å²) >= 11 is 0. The van der Waals surface area contributed by atoms with E-state index in [-0.39, 0.29) is 12.0 Å². The Bertz CT molecular complexity index is 706. The van der Waals surface area contributed by atoms with Gasteiger partial charge in [-0.05, 0) is 18.4 Å². The number of likely N-dealkylation sites (tertiary alicyclic amines) is 2. The first-order chi connectivity index (χ1) is 12.3. The van der Waals surface area contributed by atoms with Crippen LogP contribution in [-0.4, -0.2) is 47.3 Å². The van der Waals surface area contributed by atoms with Crippen LogP contribution in [0.15, 0.2) is 66.8 Å². The number of nitrogens with zero attached hydrogens (tertiary/aromatic N) is 2. The van der Waals surface area contributed by atoms with E-state index in [1.54, 1.807) is 0 Å². The van der Waals surface area contributed by atoms with Gasteiger partial charge in [-0.3, -0.25) is 14.6 Å². The van der Waals surface area contributed by atoms with E-state index in [4.69, 9.17) is 0 Å². The minimum Gasteiger partial charge on any atom is -0.298 e. The minimum atomic E-state index is 0.0893. The molecule has 2 fully saturated rings. The lowest BCUT2D eigenvalue weighted by Crippen LogP contribution is -2.61. The van der Waals surface area contributed by atoms with Crippen molar-refractivity contribution in [2.45, 2.75) is 31.5 Å². The quantitative estimate of drug-likeness (QED) is 0.790. The van der Waals surface area contributed by atoms with E-state index in [1.165, 1.54) is 5.56 Å². The molecule has 3 heteroatoms. The van der Waals surface area contributed by atoms with Gasteiger partial charge in [0.2, 0.25) is 0 Å². The highest BCUT2D eigenvalue weighted by atomic mass is 16.1. The SMILES string of the molecule is C=CCN1C2CC=CC=C2C(=O)C2CN(Cc3ccccc3)CCC21. The van der Waals surface area contributed by atoms with Crippen LogP contribution in [0.5, 0.6) is 0 Å². The van der Waals surface area contributed by atoms with Gasteiger partial charge in [0.1, 0.15) is 0 Å². The number of hydrogen-bond donors (Lipinski definition) is 0. The molecular formula is C22H26N2O. The number of fused-ring (bicyclic) bond motifs is 2. The van der Waals surface area contributed by atoms with Gasteiger partial charge in [-0.1, -0.05) is 54.6 Å². The van der Waals surface area contributed by atoms with Gasteiger partial charge in [0.05, 0.1) is 5.92 Å². The second kappa shape index (κ2) is 7.11. The fraction of sp³-hybridized carbons (Fsp3) is 0.409. The fourth-order valence-corrected chi connectivity index (χ4v) is 4.68. The summed E-state index contributed by atoms with van der Waals surface area (Å²) in [6.45, 7) is 7.66. The van der Waals surface area contributed by atoms with Crippen LogP contribution < -0.4 is 0 Å². The van der Waals surface area contributed by atoms with Gasteiger partial charge < -0.3 is 0 Å². The lowest BCUT2D eigenvalue weighted by atomic mass is 9.75. The van der Waals surface area contributed by atoms with Gasteiger partial charge in [-0.25, -0.2) is 0 Å². The van der Waals surface area contributed by atoms with Crippen molar-refractivity contribution in [2.24, 2.45) is 5.92 Å². The number of piperidine rings is 2. The Morgan fingerprint density at radius 3 is 2.88 bits per heavy atom. The summed E-state index contributed by atoms with van der Waals surface area (Å²) in [4.78, 5) is 18.1. The standard InChI is InChI=1S/C22H26N2O/c1-2-13-24-20-11-7-6-10-18(20)22(25)19-16-23(14-12-21(19)24)15-17-8-4-3-5-9-17/h2-10,19-21H,1,11-16H2. The molecular weight excluding hydrogens is 308 g/mol. The number of ketones is 1. The first kappa shape index (κ1) is 16.5. The van der Waals surface area contributed by atoms with Crippen molar-refractivity contribution in [3.63, 3.8) is 0 Å². The third-order valence-corrected chi connectivity index (χ3v) is 5.83. The summed E-state index contributed by atoms with van der Waals surface area (Å²) in [6, 6.07) is 11.2. The smallest absolute Gasteiger partial charge is 0.166 e. The molecule has 3 nitrogen and oxygen atoms in total. The first-order valence-electron chi connectivity index (χ1n) is 9.32. The molecule has 3 unspecified atom stereocenters. The molecule has 0 amide bonds. The van der Waals surface area contributed by atoms with E-state index in [9.17, 15) is 4.79 Å². The molecule has 2 aliphatic heterocycles. The summed E-state index contributed by atoms with van der Waals surface area (Å²) in [6.07, 6.45) is 10.3. The molecule has 0 bridgehead atoms. The molecule has 3 atom stereocenters. The molecule has 4 rings (SSSR count). The Hall–Kier alpha value is -1.97. The van der Waals surface area contributed by atoms with Crippen molar-refractivity contribution in [2.75, 3.05) is 19.6 Å². The summed E-state index contributed by atoms with van der Waals surface area (Å²) in [5.41, 5.74) is 2.33. The highest BCUT2D eigenvalue weighted by Gasteiger charge is 2.46. The largest absolute Gasteiger partial charge is 0.298 e. The van der Waals surface area contributed by atoms with Gasteiger partial charge in [0.25, 0.3) is 0 Å². The zero-order chi connectivity index (χ0) is 17.2. The van der Waals surface area contributed by atoms with Crippen molar-refractivity contribution in [1.82, 2.24) is 9.80 Å². The number of carbonyl (C=O) groups is 1. The molecule has 0 radical (unpaired) electrons. The van der Waals surface area contributed by atoms with Crippen molar-refractivity contribution in [3.05, 3.63) is 72.4 Å². The third kappa shape index (κ3) is 3.14. The molecule has 25 heavy (non-hydrogen) atoms. The molecule has 1 aromatic rings. The maximum Gasteiger partial charge on any atom is 0.166 e. The van der Waals surface area contributed by atoms with E-state index in [0.717, 1.165) is 44.6 Å². The predicted molar refractivity (Wildman–Crippen MR) is 101 cm³/mol. The molecule has 2 saturated heterocycles. The van der Waals surface area contributed by atoms with Crippen LogP contribution >= 0.6 is 0 Å². The molecule has 2 heterocycles. The molecule has 0 N–H and O–H groups in total. The van der Waals surface area contributed by atoms with Gasteiger partial charge >= 0.3 is 0 Å². The monoisotopic (exact) mass is 334 g/mol. The van der Waals surface area contributed by atoms with Gasteiger partial charge in [0, 0.05) is 43.8 Å². The average Bonchev–Trinajstić information content (AvgIpc) is 2.66. The summed E-state index contributed by atoms with van der Waals surface area (Å²) in [7, 11) is 0. The topological polar surface area (TPSA) is 23.6 Å². The summed E-state index contributed by atoms with van der Waals surface area (Å²) < 4.78 is 0. The highest BCUT2D eigenvalue weighted by Crippen LogP contribution is 2.37. The van der Waals surface area contributed by atoms with E-state index in [1.807, 2.05) is 18.2 Å². The number of allylic oxidation sites excluding steroid dienone is 2. The van der Waals surface area contributed by atoms with E-state index in [2.05, 4.69) is 52.8 Å². The maximum absolute atomic E-state index is 13.2. The number of benzene rings is 1. The van der Waals surface area contributed by atoms with Gasteiger partial charge in [0.15, 0.2) is 5.78 Å². The highest BCUT2D eigenvalue weighted by molar-refractivity contribution is 6.00. The van der Waals surface area contributed by atoms with Crippen molar-refractivity contribution < 1.29 is 4.79 Å². The minimum absolute atomic E-state index is 0.0893. The summed E-state index contributed by atoms with van der Waals surface area (Å²) in [5.74, 6) is 0.462. The zero-order valence-electron chi connectivity index (χ0n) is 14.7. The van der Waals surface area contributed by atoms with E-state index < -0.39 is 0 Å². The molecule has 1 aromatic carbocycles. The molecule has 1 aliphatic carbocycles. The Morgan fingerprint density at radius 1 is 1.24 bits per heavy atom. The van der Waals surface area contributed by atoms with E-state index >= 15 is 0 Å². The van der Waals surface area contributed by atoms with Crippen LogP contribution in [0.25, 0.3) is 0 Å². The van der Waals surface area contributed by atoms with Gasteiger partial charge in [-0.15, -0.1) is 6.58 Å². The average molecular weight is 334 g/mol. The molecule has 0 aromatic heterocycles. The Kier molecular flexibility index (Phi) is 4.69. The number of hydrogen-bond acceptors (Lipinski definition) is 3. The van der Waals surface area contributed by atoms with Crippen LogP contribution in [0.3, 0.4) is 0 Å². The number of Topliss-reactive ketones (excluding diaryl/α,β-unsaturated/α-hetero) is 1. The number of rotatable bonds is 4.